The predicted octanol–water partition coefficient (Wildman–Crippen LogP) is 3.97. The van der Waals surface area contributed by atoms with Crippen LogP contribution in [0.1, 0.15) is 40.4 Å². The van der Waals surface area contributed by atoms with Crippen LogP contribution in [0.15, 0.2) is 54.6 Å². The van der Waals surface area contributed by atoms with Crippen molar-refractivity contribution < 1.29 is 4.79 Å². The van der Waals surface area contributed by atoms with Crippen LogP contribution in [0.25, 0.3) is 10.9 Å². The zero-order valence-corrected chi connectivity index (χ0v) is 18.2. The van der Waals surface area contributed by atoms with E-state index < -0.39 is 0 Å². The zero-order valence-electron chi connectivity index (χ0n) is 18.2. The van der Waals surface area contributed by atoms with Gasteiger partial charge < -0.3 is 10.2 Å². The third-order valence-electron chi connectivity index (χ3n) is 6.43. The number of rotatable bonds is 6. The average molecular weight is 415 g/mol. The number of nitrogens with zero attached hydrogens (tertiary/aromatic N) is 3. The topological polar surface area (TPSA) is 48.5 Å². The van der Waals surface area contributed by atoms with Gasteiger partial charge in [0.1, 0.15) is 0 Å². The van der Waals surface area contributed by atoms with Crippen molar-refractivity contribution in [2.75, 3.05) is 44.2 Å². The van der Waals surface area contributed by atoms with Crippen molar-refractivity contribution >= 4 is 22.5 Å². The summed E-state index contributed by atoms with van der Waals surface area (Å²) in [6.07, 6.45) is 2.36. The van der Waals surface area contributed by atoms with Crippen LogP contribution in [0.2, 0.25) is 0 Å². The molecule has 3 aromatic rings. The quantitative estimate of drug-likeness (QED) is 0.663. The molecule has 2 heterocycles. The van der Waals surface area contributed by atoms with E-state index >= 15 is 0 Å². The fourth-order valence-electron chi connectivity index (χ4n) is 4.45. The molecule has 0 radical (unpaired) electrons. The summed E-state index contributed by atoms with van der Waals surface area (Å²) in [7, 11) is 0. The number of piperazine rings is 1. The number of anilines is 1. The molecular formula is C26H30N4O. The fraction of sp³-hybridized carbons (Fsp3) is 0.385. The molecule has 1 aliphatic heterocycles. The van der Waals surface area contributed by atoms with Gasteiger partial charge in [-0.05, 0) is 49.6 Å². The van der Waals surface area contributed by atoms with Crippen LogP contribution in [0.3, 0.4) is 0 Å². The monoisotopic (exact) mass is 414 g/mol. The number of hydrogen-bond acceptors (Lipinski definition) is 4. The maximum absolute atomic E-state index is 13.0. The Bertz CT molecular complexity index is 1080. The van der Waals surface area contributed by atoms with Crippen molar-refractivity contribution in [3.05, 3.63) is 71.4 Å². The first-order chi connectivity index (χ1) is 15.2. The largest absolute Gasteiger partial charge is 0.369 e. The van der Waals surface area contributed by atoms with Gasteiger partial charge in [0.2, 0.25) is 0 Å². The van der Waals surface area contributed by atoms with Crippen LogP contribution in [0, 0.1) is 6.92 Å². The van der Waals surface area contributed by atoms with Crippen LogP contribution in [-0.4, -0.2) is 55.1 Å². The molecule has 1 saturated heterocycles. The van der Waals surface area contributed by atoms with E-state index in [1.165, 1.54) is 24.1 Å². The maximum atomic E-state index is 13.0. The third kappa shape index (κ3) is 4.57. The molecule has 5 heteroatoms. The number of pyridine rings is 1. The fourth-order valence-corrected chi connectivity index (χ4v) is 4.45. The van der Waals surface area contributed by atoms with Gasteiger partial charge in [-0.25, -0.2) is 0 Å². The van der Waals surface area contributed by atoms with Gasteiger partial charge in [0.15, 0.2) is 0 Å². The molecule has 1 aliphatic carbocycles. The van der Waals surface area contributed by atoms with Gasteiger partial charge in [-0.1, -0.05) is 30.3 Å². The van der Waals surface area contributed by atoms with Crippen molar-refractivity contribution in [2.24, 2.45) is 0 Å². The predicted molar refractivity (Wildman–Crippen MR) is 126 cm³/mol. The zero-order chi connectivity index (χ0) is 21.2. The van der Waals surface area contributed by atoms with Crippen LogP contribution < -0.4 is 10.2 Å². The molecule has 0 spiro atoms. The molecule has 1 amide bonds. The molecule has 0 bridgehead atoms. The number of hydrogen-bond donors (Lipinski definition) is 1. The van der Waals surface area contributed by atoms with Crippen LogP contribution in [0.4, 0.5) is 5.69 Å². The van der Waals surface area contributed by atoms with Gasteiger partial charge in [-0.3, -0.25) is 14.7 Å². The van der Waals surface area contributed by atoms with Crippen LogP contribution in [0.5, 0.6) is 0 Å². The molecule has 2 fully saturated rings. The highest BCUT2D eigenvalue weighted by Crippen LogP contribution is 2.40. The van der Waals surface area contributed by atoms with Crippen molar-refractivity contribution in [3.8, 4) is 0 Å². The number of carbonyl (C=O) groups excluding carboxylic acids is 1. The SMILES string of the molecule is Cc1cccc(N2CCN(CCNC(=O)c3cc(C4CC4)nc4ccccc34)CC2)c1. The summed E-state index contributed by atoms with van der Waals surface area (Å²) in [5.41, 5.74) is 5.36. The Morgan fingerprint density at radius 2 is 1.84 bits per heavy atom. The Hall–Kier alpha value is -2.92. The van der Waals surface area contributed by atoms with E-state index in [1.54, 1.807) is 0 Å². The molecular weight excluding hydrogens is 384 g/mol. The Morgan fingerprint density at radius 3 is 2.61 bits per heavy atom. The summed E-state index contributed by atoms with van der Waals surface area (Å²) in [4.78, 5) is 22.7. The number of aromatic nitrogens is 1. The number of aryl methyl sites for hydroxylation is 1. The minimum atomic E-state index is 0.0129. The van der Waals surface area contributed by atoms with E-state index in [-0.39, 0.29) is 5.91 Å². The summed E-state index contributed by atoms with van der Waals surface area (Å²) in [5.74, 6) is 0.541. The molecule has 0 unspecified atom stereocenters. The summed E-state index contributed by atoms with van der Waals surface area (Å²) in [5, 5.41) is 4.09. The lowest BCUT2D eigenvalue weighted by Crippen LogP contribution is -2.48. The van der Waals surface area contributed by atoms with Gasteiger partial charge >= 0.3 is 0 Å². The number of fused-ring (bicyclic) bond motifs is 1. The summed E-state index contributed by atoms with van der Waals surface area (Å²) >= 11 is 0. The second-order valence-electron chi connectivity index (χ2n) is 8.81. The van der Waals surface area contributed by atoms with E-state index in [1.807, 2.05) is 30.3 Å². The minimum Gasteiger partial charge on any atom is -0.369 e. The van der Waals surface area contributed by atoms with E-state index in [4.69, 9.17) is 4.98 Å². The van der Waals surface area contributed by atoms with Gasteiger partial charge in [0.05, 0.1) is 11.1 Å². The van der Waals surface area contributed by atoms with E-state index in [0.29, 0.717) is 12.5 Å². The smallest absolute Gasteiger partial charge is 0.252 e. The van der Waals surface area contributed by atoms with E-state index in [0.717, 1.165) is 54.9 Å². The van der Waals surface area contributed by atoms with Crippen molar-refractivity contribution in [1.82, 2.24) is 15.2 Å². The number of amides is 1. The van der Waals surface area contributed by atoms with Gasteiger partial charge in [-0.15, -0.1) is 0 Å². The van der Waals surface area contributed by atoms with Crippen molar-refractivity contribution in [3.63, 3.8) is 0 Å². The normalized spacial score (nSPS) is 17.1. The van der Waals surface area contributed by atoms with Crippen LogP contribution in [-0.2, 0) is 0 Å². The highest BCUT2D eigenvalue weighted by molar-refractivity contribution is 6.06. The Kier molecular flexibility index (Phi) is 5.60. The molecule has 31 heavy (non-hydrogen) atoms. The summed E-state index contributed by atoms with van der Waals surface area (Å²) in [6, 6.07) is 18.7. The van der Waals surface area contributed by atoms with E-state index in [2.05, 4.69) is 46.3 Å². The molecule has 2 aromatic carbocycles. The van der Waals surface area contributed by atoms with Gasteiger partial charge in [0, 0.05) is 62.0 Å². The van der Waals surface area contributed by atoms with Gasteiger partial charge in [0.25, 0.3) is 5.91 Å². The maximum Gasteiger partial charge on any atom is 0.252 e. The Balaban J connectivity index is 1.17. The molecule has 1 N–H and O–H groups in total. The van der Waals surface area contributed by atoms with Gasteiger partial charge in [-0.2, -0.15) is 0 Å². The number of carbonyl (C=O) groups is 1. The van der Waals surface area contributed by atoms with Crippen molar-refractivity contribution in [2.45, 2.75) is 25.7 Å². The number of benzene rings is 2. The molecule has 0 atom stereocenters. The molecule has 160 valence electrons. The standard InChI is InChI=1S/C26H30N4O/c1-19-5-4-6-21(17-19)30-15-13-29(14-16-30)12-11-27-26(31)23-18-25(20-9-10-20)28-24-8-3-2-7-22(23)24/h2-8,17-18,20H,9-16H2,1H3,(H,27,31). The highest BCUT2D eigenvalue weighted by atomic mass is 16.1. The van der Waals surface area contributed by atoms with E-state index in [9.17, 15) is 4.79 Å². The average Bonchev–Trinajstić information content (AvgIpc) is 3.64. The number of nitrogens with one attached hydrogen (secondary N) is 1. The van der Waals surface area contributed by atoms with Crippen LogP contribution >= 0.6 is 0 Å². The lowest BCUT2D eigenvalue weighted by atomic mass is 10.1. The Morgan fingerprint density at radius 1 is 1.03 bits per heavy atom. The summed E-state index contributed by atoms with van der Waals surface area (Å²) < 4.78 is 0. The number of para-hydroxylation sites is 1. The molecule has 5 nitrogen and oxygen atoms in total. The molecule has 2 aliphatic rings. The first-order valence-electron chi connectivity index (χ1n) is 11.4. The first kappa shape index (κ1) is 20.0. The highest BCUT2D eigenvalue weighted by Gasteiger charge is 2.27. The lowest BCUT2D eigenvalue weighted by molar-refractivity contribution is 0.0949. The summed E-state index contributed by atoms with van der Waals surface area (Å²) in [6.45, 7) is 7.78. The first-order valence-corrected chi connectivity index (χ1v) is 11.4. The molecule has 1 saturated carbocycles. The third-order valence-corrected chi connectivity index (χ3v) is 6.43. The Labute approximate surface area is 184 Å². The molecule has 1 aromatic heterocycles. The second kappa shape index (κ2) is 8.67. The minimum absolute atomic E-state index is 0.0129. The second-order valence-corrected chi connectivity index (χ2v) is 8.81. The lowest BCUT2D eigenvalue weighted by Gasteiger charge is -2.36. The molecule has 5 rings (SSSR count). The van der Waals surface area contributed by atoms with Crippen molar-refractivity contribution in [1.29, 1.82) is 0 Å².